The van der Waals surface area contributed by atoms with Crippen molar-refractivity contribution < 1.29 is 14.2 Å². The molecule has 1 aromatic rings. The van der Waals surface area contributed by atoms with Crippen LogP contribution in [-0.2, 0) is 4.74 Å². The van der Waals surface area contributed by atoms with E-state index in [0.29, 0.717) is 11.8 Å². The summed E-state index contributed by atoms with van der Waals surface area (Å²) in [6.45, 7) is 3.85. The molecule has 1 fully saturated rings. The molecular formula is C14H23N3O3. The standard InChI is InChI=1S/C14H23N3O3/c1-4-7-15-12(10-6-5-8-20-10)13-14(19-3)17-11(18-2)9-16-13/h9-10,12,15H,4-8H2,1-3H3. The highest BCUT2D eigenvalue weighted by molar-refractivity contribution is 5.26. The number of hydrogen-bond acceptors (Lipinski definition) is 6. The number of aromatic nitrogens is 2. The Labute approximate surface area is 119 Å². The molecule has 112 valence electrons. The summed E-state index contributed by atoms with van der Waals surface area (Å²) < 4.78 is 16.3. The predicted molar refractivity (Wildman–Crippen MR) is 75.1 cm³/mol. The van der Waals surface area contributed by atoms with Gasteiger partial charge in [0.15, 0.2) is 0 Å². The molecule has 0 amide bonds. The van der Waals surface area contributed by atoms with Crippen molar-refractivity contribution in [2.24, 2.45) is 0 Å². The van der Waals surface area contributed by atoms with Crippen molar-refractivity contribution >= 4 is 0 Å². The van der Waals surface area contributed by atoms with Gasteiger partial charge in [0.1, 0.15) is 5.69 Å². The fraction of sp³-hybridized carbons (Fsp3) is 0.714. The second kappa shape index (κ2) is 7.40. The number of rotatable bonds is 7. The summed E-state index contributed by atoms with van der Waals surface area (Å²) >= 11 is 0. The lowest BCUT2D eigenvalue weighted by Gasteiger charge is -2.24. The van der Waals surface area contributed by atoms with E-state index >= 15 is 0 Å². The molecule has 6 heteroatoms. The maximum Gasteiger partial charge on any atom is 0.240 e. The Hall–Kier alpha value is -1.40. The van der Waals surface area contributed by atoms with E-state index in [1.807, 2.05) is 0 Å². The quantitative estimate of drug-likeness (QED) is 0.821. The first-order valence-corrected chi connectivity index (χ1v) is 7.10. The molecule has 1 saturated heterocycles. The van der Waals surface area contributed by atoms with Gasteiger partial charge in [-0.3, -0.25) is 0 Å². The van der Waals surface area contributed by atoms with Gasteiger partial charge in [0.2, 0.25) is 11.8 Å². The molecule has 1 aliphatic rings. The van der Waals surface area contributed by atoms with Crippen molar-refractivity contribution in [1.82, 2.24) is 15.3 Å². The molecule has 1 aromatic heterocycles. The molecule has 6 nitrogen and oxygen atoms in total. The Bertz CT molecular complexity index is 422. The van der Waals surface area contributed by atoms with Crippen LogP contribution in [0.3, 0.4) is 0 Å². The van der Waals surface area contributed by atoms with Crippen LogP contribution in [0.1, 0.15) is 37.9 Å². The van der Waals surface area contributed by atoms with Crippen molar-refractivity contribution in [3.8, 4) is 11.8 Å². The number of ether oxygens (including phenoxy) is 3. The minimum Gasteiger partial charge on any atom is -0.480 e. The summed E-state index contributed by atoms with van der Waals surface area (Å²) in [5.74, 6) is 0.945. The van der Waals surface area contributed by atoms with Crippen LogP contribution in [0.4, 0.5) is 0 Å². The monoisotopic (exact) mass is 281 g/mol. The van der Waals surface area contributed by atoms with Crippen LogP contribution in [0.2, 0.25) is 0 Å². The van der Waals surface area contributed by atoms with E-state index in [0.717, 1.165) is 38.1 Å². The van der Waals surface area contributed by atoms with Crippen LogP contribution in [0.25, 0.3) is 0 Å². The SMILES string of the molecule is CCCNC(c1ncc(OC)nc1OC)C1CCCO1. The van der Waals surface area contributed by atoms with Gasteiger partial charge in [-0.05, 0) is 25.8 Å². The van der Waals surface area contributed by atoms with Gasteiger partial charge in [0.05, 0.1) is 32.6 Å². The molecule has 0 spiro atoms. The van der Waals surface area contributed by atoms with Gasteiger partial charge in [-0.2, -0.15) is 4.98 Å². The normalized spacial score (nSPS) is 19.9. The van der Waals surface area contributed by atoms with Crippen molar-refractivity contribution in [1.29, 1.82) is 0 Å². The summed E-state index contributed by atoms with van der Waals surface area (Å²) in [6.07, 6.45) is 4.90. The predicted octanol–water partition coefficient (Wildman–Crippen LogP) is 1.71. The molecular weight excluding hydrogens is 258 g/mol. The molecule has 2 heterocycles. The molecule has 0 aromatic carbocycles. The summed E-state index contributed by atoms with van der Waals surface area (Å²) in [5.41, 5.74) is 0.786. The third-order valence-electron chi connectivity index (χ3n) is 3.39. The lowest BCUT2D eigenvalue weighted by molar-refractivity contribution is 0.0757. The van der Waals surface area contributed by atoms with E-state index in [1.165, 1.54) is 0 Å². The average Bonchev–Trinajstić information content (AvgIpc) is 3.02. The van der Waals surface area contributed by atoms with E-state index in [9.17, 15) is 0 Å². The highest BCUT2D eigenvalue weighted by atomic mass is 16.5. The molecule has 1 aliphatic heterocycles. The lowest BCUT2D eigenvalue weighted by atomic mass is 10.0. The maximum atomic E-state index is 5.81. The Morgan fingerprint density at radius 2 is 2.30 bits per heavy atom. The topological polar surface area (TPSA) is 65.5 Å². The van der Waals surface area contributed by atoms with E-state index in [4.69, 9.17) is 14.2 Å². The zero-order chi connectivity index (χ0) is 14.4. The fourth-order valence-electron chi connectivity index (χ4n) is 2.40. The number of nitrogens with zero attached hydrogens (tertiary/aromatic N) is 2. The summed E-state index contributed by atoms with van der Waals surface area (Å²) in [7, 11) is 3.16. The van der Waals surface area contributed by atoms with Gasteiger partial charge in [-0.25, -0.2) is 4.98 Å². The zero-order valence-electron chi connectivity index (χ0n) is 12.4. The van der Waals surface area contributed by atoms with Gasteiger partial charge in [-0.15, -0.1) is 0 Å². The second-order valence-corrected chi connectivity index (χ2v) is 4.79. The molecule has 2 unspecified atom stereocenters. The Kier molecular flexibility index (Phi) is 5.55. The minimum absolute atomic E-state index is 0.00538. The van der Waals surface area contributed by atoms with Crippen LogP contribution in [0.15, 0.2) is 6.20 Å². The minimum atomic E-state index is 0.00538. The molecule has 2 rings (SSSR count). The van der Waals surface area contributed by atoms with E-state index < -0.39 is 0 Å². The van der Waals surface area contributed by atoms with Gasteiger partial charge in [-0.1, -0.05) is 6.92 Å². The highest BCUT2D eigenvalue weighted by Gasteiger charge is 2.31. The number of hydrogen-bond donors (Lipinski definition) is 1. The van der Waals surface area contributed by atoms with Crippen molar-refractivity contribution in [2.45, 2.75) is 38.3 Å². The third-order valence-corrected chi connectivity index (χ3v) is 3.39. The van der Waals surface area contributed by atoms with E-state index in [-0.39, 0.29) is 12.1 Å². The zero-order valence-corrected chi connectivity index (χ0v) is 12.4. The summed E-state index contributed by atoms with van der Waals surface area (Å²) in [5, 5.41) is 3.49. The van der Waals surface area contributed by atoms with Crippen LogP contribution >= 0.6 is 0 Å². The lowest BCUT2D eigenvalue weighted by Crippen LogP contribution is -2.33. The van der Waals surface area contributed by atoms with E-state index in [2.05, 4.69) is 22.2 Å². The highest BCUT2D eigenvalue weighted by Crippen LogP contribution is 2.31. The average molecular weight is 281 g/mol. The van der Waals surface area contributed by atoms with Crippen LogP contribution < -0.4 is 14.8 Å². The molecule has 2 atom stereocenters. The first-order valence-electron chi connectivity index (χ1n) is 7.10. The van der Waals surface area contributed by atoms with Crippen molar-refractivity contribution in [3.05, 3.63) is 11.9 Å². The smallest absolute Gasteiger partial charge is 0.240 e. The fourth-order valence-corrected chi connectivity index (χ4v) is 2.40. The maximum absolute atomic E-state index is 5.81. The molecule has 0 bridgehead atoms. The first kappa shape index (κ1) is 15.0. The van der Waals surface area contributed by atoms with Crippen molar-refractivity contribution in [3.63, 3.8) is 0 Å². The van der Waals surface area contributed by atoms with E-state index in [1.54, 1.807) is 20.4 Å². The molecule has 1 N–H and O–H groups in total. The largest absolute Gasteiger partial charge is 0.480 e. The summed E-state index contributed by atoms with van der Waals surface area (Å²) in [4.78, 5) is 8.77. The van der Waals surface area contributed by atoms with Gasteiger partial charge >= 0.3 is 0 Å². The third kappa shape index (κ3) is 3.37. The van der Waals surface area contributed by atoms with Crippen LogP contribution in [-0.4, -0.2) is 43.4 Å². The molecule has 0 saturated carbocycles. The number of nitrogens with one attached hydrogen (secondary N) is 1. The first-order chi connectivity index (χ1) is 9.80. The molecule has 20 heavy (non-hydrogen) atoms. The molecule has 0 radical (unpaired) electrons. The number of methoxy groups -OCH3 is 2. The molecule has 0 aliphatic carbocycles. The Balaban J connectivity index is 2.26. The second-order valence-electron chi connectivity index (χ2n) is 4.79. The van der Waals surface area contributed by atoms with Gasteiger partial charge in [0, 0.05) is 6.61 Å². The summed E-state index contributed by atoms with van der Waals surface area (Å²) in [6, 6.07) is 0.00538. The van der Waals surface area contributed by atoms with Crippen LogP contribution in [0.5, 0.6) is 11.8 Å². The van der Waals surface area contributed by atoms with Crippen molar-refractivity contribution in [2.75, 3.05) is 27.4 Å². The van der Waals surface area contributed by atoms with Crippen LogP contribution in [0, 0.1) is 0 Å². The Morgan fingerprint density at radius 1 is 1.45 bits per heavy atom. The van der Waals surface area contributed by atoms with Gasteiger partial charge in [0.25, 0.3) is 0 Å². The Morgan fingerprint density at radius 3 is 2.90 bits per heavy atom. The van der Waals surface area contributed by atoms with Gasteiger partial charge < -0.3 is 19.5 Å².